The van der Waals surface area contributed by atoms with E-state index in [1.807, 2.05) is 32.0 Å². The smallest absolute Gasteiger partial charge is 0.328 e. The molecule has 0 atom stereocenters. The van der Waals surface area contributed by atoms with Gasteiger partial charge in [-0.1, -0.05) is 18.2 Å². The molecule has 0 aliphatic carbocycles. The molecule has 2 N–H and O–H groups in total. The van der Waals surface area contributed by atoms with Gasteiger partial charge in [-0.3, -0.25) is 4.79 Å². The summed E-state index contributed by atoms with van der Waals surface area (Å²) < 4.78 is 0. The third-order valence-electron chi connectivity index (χ3n) is 2.11. The van der Waals surface area contributed by atoms with Crippen molar-refractivity contribution >= 4 is 17.6 Å². The fraction of sp³-hybridized carbons (Fsp3) is 0.167. The van der Waals surface area contributed by atoms with Crippen LogP contribution in [-0.2, 0) is 9.59 Å². The number of aliphatic carboxylic acids is 1. The fourth-order valence-corrected chi connectivity index (χ4v) is 1.32. The van der Waals surface area contributed by atoms with Crippen LogP contribution in [0.4, 0.5) is 5.69 Å². The molecule has 0 bridgehead atoms. The molecule has 0 aliphatic rings. The number of carboxylic acid groups (broad SMARTS) is 1. The van der Waals surface area contributed by atoms with Crippen molar-refractivity contribution in [2.24, 2.45) is 0 Å². The van der Waals surface area contributed by atoms with Crippen molar-refractivity contribution < 1.29 is 14.7 Å². The third kappa shape index (κ3) is 3.24. The summed E-state index contributed by atoms with van der Waals surface area (Å²) in [4.78, 5) is 21.6. The molecule has 0 saturated carbocycles. The van der Waals surface area contributed by atoms with Crippen LogP contribution in [0.1, 0.15) is 11.1 Å². The van der Waals surface area contributed by atoms with Crippen LogP contribution < -0.4 is 5.32 Å². The number of amides is 1. The van der Waals surface area contributed by atoms with E-state index in [1.54, 1.807) is 0 Å². The number of rotatable bonds is 3. The van der Waals surface area contributed by atoms with Gasteiger partial charge in [-0.15, -0.1) is 0 Å². The molecule has 16 heavy (non-hydrogen) atoms. The Hall–Kier alpha value is -2.10. The van der Waals surface area contributed by atoms with Gasteiger partial charge in [0.15, 0.2) is 0 Å². The molecule has 0 spiro atoms. The van der Waals surface area contributed by atoms with Gasteiger partial charge in [0.2, 0.25) is 5.91 Å². The maximum atomic E-state index is 11.4. The maximum Gasteiger partial charge on any atom is 0.328 e. The minimum atomic E-state index is -1.14. The van der Waals surface area contributed by atoms with Crippen molar-refractivity contribution in [2.45, 2.75) is 13.8 Å². The van der Waals surface area contributed by atoms with E-state index in [-0.39, 0.29) is 0 Å². The Balaban J connectivity index is 2.81. The minimum absolute atomic E-state index is 0.445. The van der Waals surface area contributed by atoms with Crippen LogP contribution in [0.5, 0.6) is 0 Å². The second-order valence-corrected chi connectivity index (χ2v) is 3.43. The van der Waals surface area contributed by atoms with Crippen molar-refractivity contribution in [1.29, 1.82) is 0 Å². The molecule has 1 amide bonds. The largest absolute Gasteiger partial charge is 0.478 e. The normalized spacial score (nSPS) is 10.4. The quantitative estimate of drug-likeness (QED) is 0.763. The fourth-order valence-electron chi connectivity index (χ4n) is 1.32. The average Bonchev–Trinajstić information content (AvgIpc) is 2.21. The molecule has 4 heteroatoms. The van der Waals surface area contributed by atoms with Gasteiger partial charge in [-0.25, -0.2) is 4.79 Å². The first-order valence-electron chi connectivity index (χ1n) is 4.79. The van der Waals surface area contributed by atoms with Crippen molar-refractivity contribution in [3.8, 4) is 0 Å². The average molecular weight is 219 g/mol. The number of anilines is 1. The lowest BCUT2D eigenvalue weighted by molar-refractivity contribution is -0.131. The summed E-state index contributed by atoms with van der Waals surface area (Å²) in [6.07, 6.45) is 1.80. The van der Waals surface area contributed by atoms with Gasteiger partial charge < -0.3 is 10.4 Å². The first-order valence-corrected chi connectivity index (χ1v) is 4.79. The molecular weight excluding hydrogens is 206 g/mol. The molecule has 0 saturated heterocycles. The van der Waals surface area contributed by atoms with E-state index in [0.29, 0.717) is 0 Å². The van der Waals surface area contributed by atoms with E-state index in [4.69, 9.17) is 5.11 Å². The second kappa shape index (κ2) is 5.11. The SMILES string of the molecule is Cc1cccc(C)c1NC(=O)C=CC(=O)O. The number of carbonyl (C=O) groups is 2. The summed E-state index contributed by atoms with van der Waals surface area (Å²) in [5.41, 5.74) is 2.61. The third-order valence-corrected chi connectivity index (χ3v) is 2.11. The molecule has 4 nitrogen and oxygen atoms in total. The summed E-state index contributed by atoms with van der Waals surface area (Å²) >= 11 is 0. The zero-order valence-corrected chi connectivity index (χ0v) is 9.15. The van der Waals surface area contributed by atoms with Gasteiger partial charge in [0.1, 0.15) is 0 Å². The maximum absolute atomic E-state index is 11.4. The van der Waals surface area contributed by atoms with Crippen LogP contribution in [-0.4, -0.2) is 17.0 Å². The van der Waals surface area contributed by atoms with E-state index in [0.717, 1.165) is 29.0 Å². The van der Waals surface area contributed by atoms with Gasteiger partial charge in [0, 0.05) is 17.8 Å². The number of nitrogens with one attached hydrogen (secondary N) is 1. The number of hydrogen-bond acceptors (Lipinski definition) is 2. The second-order valence-electron chi connectivity index (χ2n) is 3.43. The molecule has 84 valence electrons. The molecule has 1 aromatic carbocycles. The van der Waals surface area contributed by atoms with Crippen molar-refractivity contribution in [3.63, 3.8) is 0 Å². The summed E-state index contributed by atoms with van der Waals surface area (Å²) in [5, 5.41) is 11.0. The summed E-state index contributed by atoms with van der Waals surface area (Å²) in [5.74, 6) is -1.59. The van der Waals surface area contributed by atoms with E-state index in [2.05, 4.69) is 5.32 Å². The molecular formula is C12H13NO3. The number of aryl methyl sites for hydroxylation is 2. The van der Waals surface area contributed by atoms with Crippen LogP contribution in [0.25, 0.3) is 0 Å². The summed E-state index contributed by atoms with van der Waals surface area (Å²) in [6, 6.07) is 5.65. The van der Waals surface area contributed by atoms with Crippen molar-refractivity contribution in [1.82, 2.24) is 0 Å². The van der Waals surface area contributed by atoms with Crippen molar-refractivity contribution in [3.05, 3.63) is 41.5 Å². The Morgan fingerprint density at radius 1 is 1.19 bits per heavy atom. The number of hydrogen-bond donors (Lipinski definition) is 2. The zero-order valence-electron chi connectivity index (χ0n) is 9.15. The Bertz CT molecular complexity index is 429. The highest BCUT2D eigenvalue weighted by Crippen LogP contribution is 2.19. The highest BCUT2D eigenvalue weighted by Gasteiger charge is 2.04. The van der Waals surface area contributed by atoms with Crippen LogP contribution in [0.2, 0.25) is 0 Å². The lowest BCUT2D eigenvalue weighted by Gasteiger charge is -2.09. The van der Waals surface area contributed by atoms with E-state index >= 15 is 0 Å². The van der Waals surface area contributed by atoms with Gasteiger partial charge in [-0.05, 0) is 25.0 Å². The monoisotopic (exact) mass is 219 g/mol. The molecule has 0 radical (unpaired) electrons. The van der Waals surface area contributed by atoms with Gasteiger partial charge >= 0.3 is 5.97 Å². The predicted octanol–water partition coefficient (Wildman–Crippen LogP) is 1.88. The number of benzene rings is 1. The number of para-hydroxylation sites is 1. The molecule has 1 rings (SSSR count). The van der Waals surface area contributed by atoms with Crippen molar-refractivity contribution in [2.75, 3.05) is 5.32 Å². The van der Waals surface area contributed by atoms with Crippen LogP contribution >= 0.6 is 0 Å². The van der Waals surface area contributed by atoms with Gasteiger partial charge in [0.05, 0.1) is 0 Å². The van der Waals surface area contributed by atoms with Crippen LogP contribution in [0.3, 0.4) is 0 Å². The minimum Gasteiger partial charge on any atom is -0.478 e. The molecule has 1 aromatic rings. The highest BCUT2D eigenvalue weighted by molar-refractivity contribution is 6.03. The van der Waals surface area contributed by atoms with E-state index in [9.17, 15) is 9.59 Å². The number of carboxylic acids is 1. The van der Waals surface area contributed by atoms with Gasteiger partial charge in [-0.2, -0.15) is 0 Å². The highest BCUT2D eigenvalue weighted by atomic mass is 16.4. The van der Waals surface area contributed by atoms with E-state index < -0.39 is 11.9 Å². The van der Waals surface area contributed by atoms with Crippen LogP contribution in [0.15, 0.2) is 30.4 Å². The lowest BCUT2D eigenvalue weighted by atomic mass is 10.1. The molecule has 0 fully saturated rings. The standard InChI is InChI=1S/C12H13NO3/c1-8-4-3-5-9(2)12(8)13-10(14)6-7-11(15)16/h3-7H,1-2H3,(H,13,14)(H,15,16). The topological polar surface area (TPSA) is 66.4 Å². The zero-order chi connectivity index (χ0) is 12.1. The Morgan fingerprint density at radius 2 is 1.75 bits per heavy atom. The molecule has 0 heterocycles. The number of carbonyl (C=O) groups excluding carboxylic acids is 1. The molecule has 0 unspecified atom stereocenters. The van der Waals surface area contributed by atoms with E-state index in [1.165, 1.54) is 0 Å². The van der Waals surface area contributed by atoms with Gasteiger partial charge in [0.25, 0.3) is 0 Å². The lowest BCUT2D eigenvalue weighted by Crippen LogP contribution is -2.10. The predicted molar refractivity (Wildman–Crippen MR) is 61.3 cm³/mol. The summed E-state index contributed by atoms with van der Waals surface area (Å²) in [7, 11) is 0. The Kier molecular flexibility index (Phi) is 3.83. The Labute approximate surface area is 93.6 Å². The molecule has 0 aliphatic heterocycles. The molecule has 0 aromatic heterocycles. The first kappa shape index (κ1) is 12.0. The first-order chi connectivity index (χ1) is 7.50. The van der Waals surface area contributed by atoms with Crippen LogP contribution in [0, 0.1) is 13.8 Å². The Morgan fingerprint density at radius 3 is 2.25 bits per heavy atom. The summed E-state index contributed by atoms with van der Waals surface area (Å²) in [6.45, 7) is 3.76.